The minimum atomic E-state index is 0. The van der Waals surface area contributed by atoms with Crippen molar-refractivity contribution in [1.29, 1.82) is 0 Å². The lowest BCUT2D eigenvalue weighted by atomic mass is 10.2. The monoisotopic (exact) mass is 184 g/mol. The van der Waals surface area contributed by atoms with E-state index in [1.54, 1.807) is 7.11 Å². The number of methoxy groups -OCH3 is 1. The zero-order chi connectivity index (χ0) is 8.10. The van der Waals surface area contributed by atoms with Gasteiger partial charge in [0.25, 0.3) is 0 Å². The van der Waals surface area contributed by atoms with Crippen LogP contribution in [0.2, 0.25) is 0 Å². The molecule has 1 rings (SSSR count). The molecule has 2 nitrogen and oxygen atoms in total. The first-order valence-corrected chi connectivity index (χ1v) is 3.51. The Balaban J connectivity index is 0. The first-order valence-electron chi connectivity index (χ1n) is 3.51. The van der Waals surface area contributed by atoms with Crippen LogP contribution in [0.4, 0.5) is 0 Å². The highest BCUT2D eigenvalue weighted by Crippen LogP contribution is 2.11. The van der Waals surface area contributed by atoms with Crippen LogP contribution >= 0.6 is 0 Å². The maximum Gasteiger partial charge on any atom is 0.188 e. The number of aryl methyl sites for hydroxylation is 1. The number of ether oxygens (including phenoxy) is 2. The van der Waals surface area contributed by atoms with Crippen molar-refractivity contribution in [2.45, 2.75) is 21.8 Å². The van der Waals surface area contributed by atoms with Crippen molar-refractivity contribution in [1.82, 2.24) is 0 Å². The fourth-order valence-electron chi connectivity index (χ4n) is 0.832. The molecule has 0 fully saturated rings. The first-order chi connectivity index (χ1) is 5.33. The first kappa shape index (κ1) is 14.5. The third kappa shape index (κ3) is 5.26. The standard InChI is InChI=1S/C9H12O2.2CH4/c1-8-4-3-5-9(6-8)11-7-10-2;;/h3-6H,7H2,1-2H3;2*1H4. The maximum atomic E-state index is 5.21. The van der Waals surface area contributed by atoms with Crippen LogP contribution < -0.4 is 4.74 Å². The van der Waals surface area contributed by atoms with E-state index >= 15 is 0 Å². The normalized spacial score (nSPS) is 8.15. The zero-order valence-electron chi connectivity index (χ0n) is 6.83. The van der Waals surface area contributed by atoms with E-state index in [0.29, 0.717) is 6.79 Å². The lowest BCUT2D eigenvalue weighted by molar-refractivity contribution is 0.0511. The number of hydrogen-bond acceptors (Lipinski definition) is 2. The highest BCUT2D eigenvalue weighted by atomic mass is 16.7. The van der Waals surface area contributed by atoms with Gasteiger partial charge in [-0.15, -0.1) is 0 Å². The van der Waals surface area contributed by atoms with Crippen LogP contribution in [0.1, 0.15) is 20.4 Å². The molecule has 76 valence electrons. The molecule has 0 atom stereocenters. The van der Waals surface area contributed by atoms with E-state index < -0.39 is 0 Å². The lowest BCUT2D eigenvalue weighted by Gasteiger charge is -2.03. The molecule has 0 amide bonds. The van der Waals surface area contributed by atoms with E-state index in [-0.39, 0.29) is 14.9 Å². The summed E-state index contributed by atoms with van der Waals surface area (Å²) < 4.78 is 9.98. The smallest absolute Gasteiger partial charge is 0.188 e. The summed E-state index contributed by atoms with van der Waals surface area (Å²) in [5.41, 5.74) is 1.19. The van der Waals surface area contributed by atoms with Gasteiger partial charge in [0.2, 0.25) is 0 Å². The molecule has 0 N–H and O–H groups in total. The molecule has 0 heterocycles. The zero-order valence-corrected chi connectivity index (χ0v) is 6.83. The van der Waals surface area contributed by atoms with Gasteiger partial charge in [0, 0.05) is 7.11 Å². The molecule has 2 heteroatoms. The van der Waals surface area contributed by atoms with E-state index in [2.05, 4.69) is 0 Å². The summed E-state index contributed by atoms with van der Waals surface area (Å²) in [6.45, 7) is 2.34. The summed E-state index contributed by atoms with van der Waals surface area (Å²) in [6, 6.07) is 7.87. The summed E-state index contributed by atoms with van der Waals surface area (Å²) in [4.78, 5) is 0. The van der Waals surface area contributed by atoms with Crippen molar-refractivity contribution < 1.29 is 9.47 Å². The molecule has 1 aromatic rings. The molecule has 0 aliphatic heterocycles. The summed E-state index contributed by atoms with van der Waals surface area (Å²) >= 11 is 0. The van der Waals surface area contributed by atoms with E-state index in [9.17, 15) is 0 Å². The summed E-state index contributed by atoms with van der Waals surface area (Å²) in [5, 5.41) is 0. The fraction of sp³-hybridized carbons (Fsp3) is 0.455. The van der Waals surface area contributed by atoms with Crippen LogP contribution in [0.25, 0.3) is 0 Å². The molecular weight excluding hydrogens is 164 g/mol. The van der Waals surface area contributed by atoms with Gasteiger partial charge in [-0.05, 0) is 24.6 Å². The highest BCUT2D eigenvalue weighted by Gasteiger charge is 1.90. The van der Waals surface area contributed by atoms with Gasteiger partial charge >= 0.3 is 0 Å². The van der Waals surface area contributed by atoms with Gasteiger partial charge in [-0.3, -0.25) is 0 Å². The van der Waals surface area contributed by atoms with Crippen molar-refractivity contribution in [3.05, 3.63) is 29.8 Å². The van der Waals surface area contributed by atoms with Crippen molar-refractivity contribution in [3.8, 4) is 5.75 Å². The predicted molar refractivity (Wildman–Crippen MR) is 57.1 cm³/mol. The van der Waals surface area contributed by atoms with Crippen LogP contribution in [0.15, 0.2) is 24.3 Å². The van der Waals surface area contributed by atoms with Gasteiger partial charge in [0.15, 0.2) is 6.79 Å². The van der Waals surface area contributed by atoms with Gasteiger partial charge in [0.05, 0.1) is 0 Å². The van der Waals surface area contributed by atoms with Crippen molar-refractivity contribution >= 4 is 0 Å². The molecule has 0 aliphatic carbocycles. The molecule has 0 saturated heterocycles. The van der Waals surface area contributed by atoms with E-state index in [1.807, 2.05) is 31.2 Å². The molecule has 0 aromatic heterocycles. The van der Waals surface area contributed by atoms with Gasteiger partial charge in [-0.2, -0.15) is 0 Å². The average molecular weight is 184 g/mol. The second kappa shape index (κ2) is 7.62. The molecule has 1 aromatic carbocycles. The largest absolute Gasteiger partial charge is 0.468 e. The summed E-state index contributed by atoms with van der Waals surface area (Å²) in [7, 11) is 1.61. The van der Waals surface area contributed by atoms with Gasteiger partial charge in [-0.25, -0.2) is 0 Å². The number of benzene rings is 1. The predicted octanol–water partition coefficient (Wildman–Crippen LogP) is 3.25. The van der Waals surface area contributed by atoms with E-state index in [0.717, 1.165) is 5.75 Å². The number of rotatable bonds is 3. The van der Waals surface area contributed by atoms with Crippen LogP contribution in [0.3, 0.4) is 0 Å². The van der Waals surface area contributed by atoms with Crippen LogP contribution in [-0.2, 0) is 4.74 Å². The summed E-state index contributed by atoms with van der Waals surface area (Å²) in [5.74, 6) is 0.854. The molecule has 0 aliphatic rings. The van der Waals surface area contributed by atoms with Crippen molar-refractivity contribution in [2.24, 2.45) is 0 Å². The molecule has 0 spiro atoms. The average Bonchev–Trinajstić information content (AvgIpc) is 2.01. The SMILES string of the molecule is C.C.COCOc1cccc(C)c1. The Morgan fingerprint density at radius 2 is 1.92 bits per heavy atom. The molecular formula is C11H20O2. The Hall–Kier alpha value is -1.02. The minimum absolute atomic E-state index is 0. The lowest BCUT2D eigenvalue weighted by Crippen LogP contribution is -1.98. The Kier molecular flexibility index (Phi) is 8.50. The molecule has 0 saturated carbocycles. The van der Waals surface area contributed by atoms with Gasteiger partial charge in [-0.1, -0.05) is 27.0 Å². The van der Waals surface area contributed by atoms with Gasteiger partial charge in [0.1, 0.15) is 5.75 Å². The van der Waals surface area contributed by atoms with Crippen molar-refractivity contribution in [2.75, 3.05) is 13.9 Å². The summed E-state index contributed by atoms with van der Waals surface area (Å²) in [6.07, 6.45) is 0. The molecule has 0 radical (unpaired) electrons. The second-order valence-electron chi connectivity index (χ2n) is 2.37. The van der Waals surface area contributed by atoms with Gasteiger partial charge < -0.3 is 9.47 Å². The Morgan fingerprint density at radius 1 is 1.23 bits per heavy atom. The maximum absolute atomic E-state index is 5.21. The topological polar surface area (TPSA) is 18.5 Å². The minimum Gasteiger partial charge on any atom is -0.468 e. The van der Waals surface area contributed by atoms with Crippen LogP contribution in [0.5, 0.6) is 5.75 Å². The second-order valence-corrected chi connectivity index (χ2v) is 2.37. The molecule has 0 bridgehead atoms. The quantitative estimate of drug-likeness (QED) is 0.671. The molecule has 0 unspecified atom stereocenters. The fourth-order valence-corrected chi connectivity index (χ4v) is 0.832. The van der Waals surface area contributed by atoms with Crippen molar-refractivity contribution in [3.63, 3.8) is 0 Å². The van der Waals surface area contributed by atoms with Crippen LogP contribution in [0, 0.1) is 6.92 Å². The number of hydrogen-bond donors (Lipinski definition) is 0. The third-order valence-corrected chi connectivity index (χ3v) is 1.33. The van der Waals surface area contributed by atoms with E-state index in [1.165, 1.54) is 5.56 Å². The Labute approximate surface area is 81.5 Å². The Morgan fingerprint density at radius 3 is 2.46 bits per heavy atom. The third-order valence-electron chi connectivity index (χ3n) is 1.33. The highest BCUT2D eigenvalue weighted by molar-refractivity contribution is 5.27. The molecule has 13 heavy (non-hydrogen) atoms. The van der Waals surface area contributed by atoms with E-state index in [4.69, 9.17) is 9.47 Å². The Bertz CT molecular complexity index is 221. The van der Waals surface area contributed by atoms with Crippen LogP contribution in [-0.4, -0.2) is 13.9 Å².